The third-order valence-corrected chi connectivity index (χ3v) is 3.81. The molecule has 3 nitrogen and oxygen atoms in total. The molecule has 0 aliphatic rings. The van der Waals surface area contributed by atoms with Gasteiger partial charge in [-0.05, 0) is 50.1 Å². The van der Waals surface area contributed by atoms with Gasteiger partial charge in [-0.15, -0.1) is 0 Å². The summed E-state index contributed by atoms with van der Waals surface area (Å²) in [6, 6.07) is 5.53. The molecule has 0 bridgehead atoms. The summed E-state index contributed by atoms with van der Waals surface area (Å²) in [7, 11) is 1.61. The topological polar surface area (TPSA) is 35.3 Å². The minimum Gasteiger partial charge on any atom is -0.497 e. The maximum Gasteiger partial charge on any atom is 0.221 e. The lowest BCUT2D eigenvalue weighted by Crippen LogP contribution is -1.85. The van der Waals surface area contributed by atoms with Crippen molar-refractivity contribution in [1.82, 2.24) is 5.16 Å². The molecule has 0 saturated heterocycles. The van der Waals surface area contributed by atoms with Gasteiger partial charge in [-0.1, -0.05) is 16.8 Å². The lowest BCUT2D eigenvalue weighted by molar-refractivity contribution is 0.402. The molecule has 0 saturated carbocycles. The predicted octanol–water partition coefficient (Wildman–Crippen LogP) is 4.53. The first-order valence-corrected chi connectivity index (χ1v) is 6.24. The van der Waals surface area contributed by atoms with Gasteiger partial charge in [0.1, 0.15) is 16.5 Å². The van der Waals surface area contributed by atoms with Crippen LogP contribution in [0.1, 0.15) is 0 Å². The van der Waals surface area contributed by atoms with Crippen molar-refractivity contribution in [2.75, 3.05) is 7.11 Å². The predicted molar refractivity (Wildman–Crippen MR) is 68.9 cm³/mol. The molecule has 0 aliphatic carbocycles. The smallest absolute Gasteiger partial charge is 0.221 e. The van der Waals surface area contributed by atoms with E-state index >= 15 is 0 Å². The van der Waals surface area contributed by atoms with Gasteiger partial charge in [-0.2, -0.15) is 0 Å². The summed E-state index contributed by atoms with van der Waals surface area (Å²) in [5.41, 5.74) is 1.43. The van der Waals surface area contributed by atoms with Crippen LogP contribution in [0.4, 0.5) is 0 Å². The Labute approximate surface area is 114 Å². The highest BCUT2D eigenvalue weighted by Crippen LogP contribution is 2.37. The molecule has 0 atom stereocenters. The van der Waals surface area contributed by atoms with Gasteiger partial charge in [0.25, 0.3) is 0 Å². The number of hydrogen-bond donors (Lipinski definition) is 0. The van der Waals surface area contributed by atoms with Crippen molar-refractivity contribution in [1.29, 1.82) is 0 Å². The molecule has 0 fully saturated rings. The average Bonchev–Trinajstić information content (AvgIpc) is 2.60. The fourth-order valence-electron chi connectivity index (χ4n) is 1.24. The molecule has 6 heteroatoms. The zero-order valence-corrected chi connectivity index (χ0v) is 12.1. The van der Waals surface area contributed by atoms with Crippen LogP contribution < -0.4 is 4.74 Å². The van der Waals surface area contributed by atoms with E-state index in [1.54, 1.807) is 7.11 Å². The molecule has 1 aromatic heterocycles. The molecular formula is C10H6Br2ClNO2. The van der Waals surface area contributed by atoms with E-state index in [4.69, 9.17) is 20.9 Å². The molecule has 2 aromatic rings. The SMILES string of the molecule is COc1ccc(-c2noc(Br)c2Cl)c(Br)c1. The Hall–Kier alpha value is -0.520. The first-order valence-electron chi connectivity index (χ1n) is 4.28. The zero-order valence-electron chi connectivity index (χ0n) is 8.13. The van der Waals surface area contributed by atoms with Gasteiger partial charge >= 0.3 is 0 Å². The van der Waals surface area contributed by atoms with Crippen LogP contribution in [0, 0.1) is 0 Å². The van der Waals surface area contributed by atoms with Gasteiger partial charge in [-0.3, -0.25) is 0 Å². The first kappa shape index (κ1) is 12.0. The molecule has 2 rings (SSSR count). The molecule has 16 heavy (non-hydrogen) atoms. The molecule has 1 aromatic carbocycles. The normalized spacial score (nSPS) is 10.5. The van der Waals surface area contributed by atoms with Crippen molar-refractivity contribution < 1.29 is 9.26 Å². The van der Waals surface area contributed by atoms with Gasteiger partial charge in [0.2, 0.25) is 4.67 Å². The average molecular weight is 367 g/mol. The molecular weight excluding hydrogens is 361 g/mol. The van der Waals surface area contributed by atoms with E-state index in [2.05, 4.69) is 37.0 Å². The highest BCUT2D eigenvalue weighted by atomic mass is 79.9. The van der Waals surface area contributed by atoms with Crippen molar-refractivity contribution in [3.05, 3.63) is 32.4 Å². The number of benzene rings is 1. The van der Waals surface area contributed by atoms with E-state index in [1.807, 2.05) is 18.2 Å². The molecule has 0 unspecified atom stereocenters. The highest BCUT2D eigenvalue weighted by Gasteiger charge is 2.16. The fourth-order valence-corrected chi connectivity index (χ4v) is 2.22. The largest absolute Gasteiger partial charge is 0.497 e. The molecule has 0 aliphatic heterocycles. The van der Waals surface area contributed by atoms with Crippen LogP contribution in [0.3, 0.4) is 0 Å². The number of nitrogens with zero attached hydrogens (tertiary/aromatic N) is 1. The second kappa shape index (κ2) is 4.77. The van der Waals surface area contributed by atoms with E-state index in [0.29, 0.717) is 15.4 Å². The van der Waals surface area contributed by atoms with Gasteiger partial charge in [-0.25, -0.2) is 0 Å². The third-order valence-electron chi connectivity index (χ3n) is 2.03. The van der Waals surface area contributed by atoms with Crippen molar-refractivity contribution in [2.24, 2.45) is 0 Å². The molecule has 0 spiro atoms. The number of halogens is 3. The van der Waals surface area contributed by atoms with Crippen LogP contribution in [0.5, 0.6) is 5.75 Å². The van der Waals surface area contributed by atoms with Crippen LogP contribution in [-0.4, -0.2) is 12.3 Å². The lowest BCUT2D eigenvalue weighted by atomic mass is 10.1. The fraction of sp³-hybridized carbons (Fsp3) is 0.100. The Morgan fingerprint density at radius 1 is 1.38 bits per heavy atom. The Morgan fingerprint density at radius 3 is 2.62 bits per heavy atom. The van der Waals surface area contributed by atoms with E-state index in [-0.39, 0.29) is 0 Å². The molecule has 0 radical (unpaired) electrons. The number of methoxy groups -OCH3 is 1. The van der Waals surface area contributed by atoms with Gasteiger partial charge in [0.05, 0.1) is 7.11 Å². The third kappa shape index (κ3) is 2.12. The van der Waals surface area contributed by atoms with Crippen LogP contribution in [-0.2, 0) is 0 Å². The summed E-state index contributed by atoms with van der Waals surface area (Å²) in [6.07, 6.45) is 0. The summed E-state index contributed by atoms with van der Waals surface area (Å²) >= 11 is 12.6. The van der Waals surface area contributed by atoms with Gasteiger partial charge in [0, 0.05) is 10.0 Å². The number of aromatic nitrogens is 1. The minimum absolute atomic E-state index is 0.423. The van der Waals surface area contributed by atoms with E-state index in [9.17, 15) is 0 Å². The standard InChI is InChI=1S/C10H6Br2ClNO2/c1-15-5-2-3-6(7(11)4-5)9-8(13)10(12)16-14-9/h2-4H,1H3. The second-order valence-electron chi connectivity index (χ2n) is 2.96. The molecule has 84 valence electrons. The van der Waals surface area contributed by atoms with E-state index in [1.165, 1.54) is 0 Å². The maximum atomic E-state index is 6.03. The molecule has 1 heterocycles. The van der Waals surface area contributed by atoms with Crippen LogP contribution in [0.2, 0.25) is 5.02 Å². The Balaban J connectivity index is 2.52. The Bertz CT molecular complexity index is 528. The Morgan fingerprint density at radius 2 is 2.12 bits per heavy atom. The van der Waals surface area contributed by atoms with Gasteiger partial charge < -0.3 is 9.26 Å². The van der Waals surface area contributed by atoms with Crippen molar-refractivity contribution in [2.45, 2.75) is 0 Å². The number of rotatable bonds is 2. The molecule has 0 amide bonds. The summed E-state index contributed by atoms with van der Waals surface area (Å²) < 4.78 is 11.3. The minimum atomic E-state index is 0.423. The van der Waals surface area contributed by atoms with Crippen molar-refractivity contribution in [3.8, 4) is 17.0 Å². The van der Waals surface area contributed by atoms with Crippen molar-refractivity contribution >= 4 is 43.5 Å². The monoisotopic (exact) mass is 365 g/mol. The van der Waals surface area contributed by atoms with Crippen molar-refractivity contribution in [3.63, 3.8) is 0 Å². The Kier molecular flexibility index (Phi) is 3.56. The molecule has 0 N–H and O–H groups in total. The number of hydrogen-bond acceptors (Lipinski definition) is 3. The summed E-state index contributed by atoms with van der Waals surface area (Å²) in [5.74, 6) is 0.759. The maximum absolute atomic E-state index is 6.03. The van der Waals surface area contributed by atoms with E-state index < -0.39 is 0 Å². The summed E-state index contributed by atoms with van der Waals surface area (Å²) in [5, 5.41) is 4.33. The lowest BCUT2D eigenvalue weighted by Gasteiger charge is -2.04. The quantitative estimate of drug-likeness (QED) is 0.782. The summed E-state index contributed by atoms with van der Waals surface area (Å²) in [6.45, 7) is 0. The number of ether oxygens (including phenoxy) is 1. The van der Waals surface area contributed by atoms with Crippen LogP contribution in [0.15, 0.2) is 31.9 Å². The summed E-state index contributed by atoms with van der Waals surface area (Å²) in [4.78, 5) is 0. The second-order valence-corrected chi connectivity index (χ2v) is 4.92. The highest BCUT2D eigenvalue weighted by molar-refractivity contribution is 9.10. The van der Waals surface area contributed by atoms with Gasteiger partial charge in [0.15, 0.2) is 0 Å². The first-order chi connectivity index (χ1) is 7.63. The van der Waals surface area contributed by atoms with Crippen LogP contribution >= 0.6 is 43.5 Å². The van der Waals surface area contributed by atoms with E-state index in [0.717, 1.165) is 15.8 Å². The zero-order chi connectivity index (χ0) is 11.7. The van der Waals surface area contributed by atoms with Crippen LogP contribution in [0.25, 0.3) is 11.3 Å².